The van der Waals surface area contributed by atoms with Gasteiger partial charge in [0, 0.05) is 18.8 Å². The summed E-state index contributed by atoms with van der Waals surface area (Å²) < 4.78 is 55.8. The zero-order valence-corrected chi connectivity index (χ0v) is 21.6. The SMILES string of the molecule is CCOc1ccc(S(=O)(=O)N(C)c2ccc(OCC(=O)OCC(=O)Nc3ccc(F)c([N+](=O)[O-])c3)cc2)cc1. The van der Waals surface area contributed by atoms with Gasteiger partial charge in [0.05, 0.1) is 22.1 Å². The van der Waals surface area contributed by atoms with E-state index in [0.717, 1.165) is 22.5 Å². The number of anilines is 2. The second kappa shape index (κ2) is 12.7. The van der Waals surface area contributed by atoms with Crippen molar-refractivity contribution < 1.29 is 41.5 Å². The Bertz CT molecular complexity index is 1450. The molecule has 0 heterocycles. The topological polar surface area (TPSA) is 154 Å². The summed E-state index contributed by atoms with van der Waals surface area (Å²) in [4.78, 5) is 33.8. The van der Waals surface area contributed by atoms with Gasteiger partial charge >= 0.3 is 11.7 Å². The lowest BCUT2D eigenvalue weighted by molar-refractivity contribution is -0.387. The van der Waals surface area contributed by atoms with Gasteiger partial charge in [-0.25, -0.2) is 13.2 Å². The lowest BCUT2D eigenvalue weighted by Crippen LogP contribution is -2.26. The van der Waals surface area contributed by atoms with E-state index in [0.29, 0.717) is 18.0 Å². The van der Waals surface area contributed by atoms with Crippen molar-refractivity contribution >= 4 is 39.0 Å². The van der Waals surface area contributed by atoms with Crippen molar-refractivity contribution in [2.45, 2.75) is 11.8 Å². The predicted octanol–water partition coefficient (Wildman–Crippen LogP) is 3.52. The van der Waals surface area contributed by atoms with Gasteiger partial charge in [0.1, 0.15) is 11.5 Å². The summed E-state index contributed by atoms with van der Waals surface area (Å²) in [7, 11) is -2.44. The third-order valence-corrected chi connectivity index (χ3v) is 6.94. The van der Waals surface area contributed by atoms with Crippen LogP contribution in [0, 0.1) is 15.9 Å². The Morgan fingerprint density at radius 3 is 2.21 bits per heavy atom. The smallest absolute Gasteiger partial charge is 0.344 e. The van der Waals surface area contributed by atoms with Gasteiger partial charge in [0.15, 0.2) is 13.2 Å². The molecule has 0 fully saturated rings. The number of hydrogen-bond donors (Lipinski definition) is 1. The van der Waals surface area contributed by atoms with Gasteiger partial charge in [-0.2, -0.15) is 4.39 Å². The number of rotatable bonds is 12. The van der Waals surface area contributed by atoms with Crippen LogP contribution in [0.1, 0.15) is 6.92 Å². The second-order valence-corrected chi connectivity index (χ2v) is 9.76. The third kappa shape index (κ3) is 7.64. The van der Waals surface area contributed by atoms with E-state index in [1.807, 2.05) is 6.92 Å². The molecule has 0 atom stereocenters. The van der Waals surface area contributed by atoms with Crippen LogP contribution in [0.25, 0.3) is 0 Å². The monoisotopic (exact) mass is 561 g/mol. The second-order valence-electron chi connectivity index (χ2n) is 7.79. The molecule has 0 radical (unpaired) electrons. The average Bonchev–Trinajstić information content (AvgIpc) is 2.92. The molecule has 0 saturated carbocycles. The molecule has 0 aliphatic heterocycles. The standard InChI is InChI=1S/C25H24FN3O9S/c1-3-36-19-9-11-21(12-10-19)39(34,35)28(2)18-5-7-20(8-6-18)37-16-25(31)38-15-24(30)27-17-4-13-22(26)23(14-17)29(32)33/h4-14H,3,15-16H2,1-2H3,(H,27,30). The quantitative estimate of drug-likeness (QED) is 0.199. The normalized spacial score (nSPS) is 10.8. The lowest BCUT2D eigenvalue weighted by Gasteiger charge is -2.20. The molecule has 0 aliphatic rings. The number of sulfonamides is 1. The van der Waals surface area contributed by atoms with Gasteiger partial charge in [-0.1, -0.05) is 0 Å². The highest BCUT2D eigenvalue weighted by Crippen LogP contribution is 2.26. The molecule has 0 unspecified atom stereocenters. The first-order valence-corrected chi connectivity index (χ1v) is 12.8. The number of nitrogens with zero attached hydrogens (tertiary/aromatic N) is 2. The van der Waals surface area contributed by atoms with Gasteiger partial charge in [0.25, 0.3) is 15.9 Å². The van der Waals surface area contributed by atoms with Gasteiger partial charge in [-0.05, 0) is 67.6 Å². The van der Waals surface area contributed by atoms with E-state index < -0.39 is 51.5 Å². The Morgan fingerprint density at radius 1 is 0.974 bits per heavy atom. The molecule has 12 nitrogen and oxygen atoms in total. The minimum absolute atomic E-state index is 0.0463. The largest absolute Gasteiger partial charge is 0.494 e. The van der Waals surface area contributed by atoms with Crippen LogP contribution in [0.5, 0.6) is 11.5 Å². The van der Waals surface area contributed by atoms with Crippen LogP contribution in [0.15, 0.2) is 71.6 Å². The number of nitro benzene ring substituents is 1. The van der Waals surface area contributed by atoms with Crippen LogP contribution in [0.3, 0.4) is 0 Å². The number of benzene rings is 3. The van der Waals surface area contributed by atoms with E-state index in [-0.39, 0.29) is 16.3 Å². The Balaban J connectivity index is 1.49. The number of hydrogen-bond acceptors (Lipinski definition) is 9. The van der Waals surface area contributed by atoms with Crippen molar-refractivity contribution in [3.8, 4) is 11.5 Å². The summed E-state index contributed by atoms with van der Waals surface area (Å²) in [6.07, 6.45) is 0. The maximum atomic E-state index is 13.4. The van der Waals surface area contributed by atoms with Gasteiger partial charge in [-0.3, -0.25) is 19.2 Å². The van der Waals surface area contributed by atoms with E-state index in [2.05, 4.69) is 5.32 Å². The maximum absolute atomic E-state index is 13.4. The first-order chi connectivity index (χ1) is 18.5. The van der Waals surface area contributed by atoms with E-state index in [1.54, 1.807) is 12.1 Å². The molecular weight excluding hydrogens is 537 g/mol. The fraction of sp³-hybridized carbons (Fsp3) is 0.200. The summed E-state index contributed by atoms with van der Waals surface area (Å²) in [5, 5.41) is 13.0. The summed E-state index contributed by atoms with van der Waals surface area (Å²) in [5.41, 5.74) is -0.518. The maximum Gasteiger partial charge on any atom is 0.344 e. The van der Waals surface area contributed by atoms with Crippen molar-refractivity contribution in [1.82, 2.24) is 0 Å². The summed E-state index contributed by atoms with van der Waals surface area (Å²) in [6.45, 7) is 1.03. The number of amides is 1. The average molecular weight is 562 g/mol. The summed E-state index contributed by atoms with van der Waals surface area (Å²) in [5.74, 6) is -1.94. The van der Waals surface area contributed by atoms with E-state index in [1.165, 1.54) is 43.4 Å². The highest BCUT2D eigenvalue weighted by atomic mass is 32.2. The Kier molecular flexibility index (Phi) is 9.38. The van der Waals surface area contributed by atoms with Gasteiger partial charge in [-0.15, -0.1) is 0 Å². The number of ether oxygens (including phenoxy) is 3. The Hall–Kier alpha value is -4.72. The molecule has 0 aliphatic carbocycles. The molecule has 3 rings (SSSR count). The number of nitro groups is 1. The molecule has 14 heteroatoms. The lowest BCUT2D eigenvalue weighted by atomic mass is 10.2. The summed E-state index contributed by atoms with van der Waals surface area (Å²) >= 11 is 0. The Labute approximate surface area is 223 Å². The molecule has 0 aromatic heterocycles. The van der Waals surface area contributed by atoms with Gasteiger partial charge in [0.2, 0.25) is 5.82 Å². The number of carbonyl (C=O) groups excluding carboxylic acids is 2. The zero-order valence-electron chi connectivity index (χ0n) is 20.8. The summed E-state index contributed by atoms with van der Waals surface area (Å²) in [6, 6.07) is 14.7. The zero-order chi connectivity index (χ0) is 28.6. The van der Waals surface area contributed by atoms with Crippen LogP contribution >= 0.6 is 0 Å². The third-order valence-electron chi connectivity index (χ3n) is 5.14. The number of nitrogens with one attached hydrogen (secondary N) is 1. The van der Waals surface area contributed by atoms with Crippen molar-refractivity contribution in [3.63, 3.8) is 0 Å². The van der Waals surface area contributed by atoms with Crippen molar-refractivity contribution in [2.75, 3.05) is 36.5 Å². The number of halogens is 1. The number of esters is 1. The van der Waals surface area contributed by atoms with Crippen molar-refractivity contribution in [2.24, 2.45) is 0 Å². The molecule has 206 valence electrons. The first kappa shape index (κ1) is 28.8. The fourth-order valence-corrected chi connectivity index (χ4v) is 4.38. The molecule has 3 aromatic carbocycles. The van der Waals surface area contributed by atoms with Crippen molar-refractivity contribution in [3.05, 3.63) is 82.7 Å². The molecule has 1 N–H and O–H groups in total. The minimum Gasteiger partial charge on any atom is -0.494 e. The molecule has 0 saturated heterocycles. The highest BCUT2D eigenvalue weighted by Gasteiger charge is 2.21. The van der Waals surface area contributed by atoms with Gasteiger partial charge < -0.3 is 19.5 Å². The van der Waals surface area contributed by atoms with Crippen LogP contribution < -0.4 is 19.1 Å². The molecule has 3 aromatic rings. The van der Waals surface area contributed by atoms with E-state index in [4.69, 9.17) is 14.2 Å². The molecule has 1 amide bonds. The molecule has 39 heavy (non-hydrogen) atoms. The van der Waals surface area contributed by atoms with Crippen LogP contribution in [0.4, 0.5) is 21.5 Å². The van der Waals surface area contributed by atoms with Crippen LogP contribution in [-0.4, -0.2) is 52.1 Å². The van der Waals surface area contributed by atoms with Crippen LogP contribution in [0.2, 0.25) is 0 Å². The highest BCUT2D eigenvalue weighted by molar-refractivity contribution is 7.92. The molecule has 0 bridgehead atoms. The van der Waals surface area contributed by atoms with Crippen LogP contribution in [-0.2, 0) is 24.3 Å². The van der Waals surface area contributed by atoms with E-state index in [9.17, 15) is 32.5 Å². The van der Waals surface area contributed by atoms with Crippen molar-refractivity contribution in [1.29, 1.82) is 0 Å². The predicted molar refractivity (Wildman–Crippen MR) is 138 cm³/mol. The Morgan fingerprint density at radius 2 is 1.59 bits per heavy atom. The van der Waals surface area contributed by atoms with E-state index >= 15 is 0 Å². The molecule has 0 spiro atoms. The fourth-order valence-electron chi connectivity index (χ4n) is 3.18. The first-order valence-electron chi connectivity index (χ1n) is 11.4. The minimum atomic E-state index is -3.84. The molecular formula is C25H24FN3O9S. The number of carbonyl (C=O) groups is 2.